The van der Waals surface area contributed by atoms with Gasteiger partial charge in [-0.25, -0.2) is 4.68 Å². The first kappa shape index (κ1) is 18.4. The molecule has 0 aliphatic carbocycles. The summed E-state index contributed by atoms with van der Waals surface area (Å²) in [5.41, 5.74) is 5.42. The molecule has 1 N–H and O–H groups in total. The summed E-state index contributed by atoms with van der Waals surface area (Å²) in [7, 11) is 0. The smallest absolute Gasteiger partial charge is 0.162 e. The molecule has 1 aliphatic heterocycles. The highest BCUT2D eigenvalue weighted by atomic mass is 16.6. The predicted octanol–water partition coefficient (Wildman–Crippen LogP) is 4.94. The van der Waals surface area contributed by atoms with Crippen molar-refractivity contribution < 1.29 is 9.47 Å². The first-order valence-corrected chi connectivity index (χ1v) is 10.4. The molecule has 1 aliphatic rings. The predicted molar refractivity (Wildman–Crippen MR) is 123 cm³/mol. The summed E-state index contributed by atoms with van der Waals surface area (Å²) in [6.07, 6.45) is 5.63. The van der Waals surface area contributed by atoms with Crippen LogP contribution in [0.5, 0.6) is 11.5 Å². The number of hydrogen-bond donors (Lipinski definition) is 1. The molecule has 0 unspecified atom stereocenters. The minimum atomic E-state index is 0.541. The number of fused-ring (bicyclic) bond motifs is 2. The number of nitrogens with one attached hydrogen (secondary N) is 1. The van der Waals surface area contributed by atoms with Crippen molar-refractivity contribution in [3.05, 3.63) is 84.7 Å². The van der Waals surface area contributed by atoms with Gasteiger partial charge in [-0.2, -0.15) is 10.2 Å². The summed E-state index contributed by atoms with van der Waals surface area (Å²) in [5, 5.41) is 13.0. The van der Waals surface area contributed by atoms with Gasteiger partial charge in [0.2, 0.25) is 0 Å². The molecule has 0 fully saturated rings. The first-order chi connectivity index (χ1) is 15.8. The summed E-state index contributed by atoms with van der Waals surface area (Å²) in [5.74, 6) is 1.49. The number of aromatic nitrogens is 4. The van der Waals surface area contributed by atoms with Crippen LogP contribution in [0.4, 0.5) is 5.69 Å². The fourth-order valence-electron chi connectivity index (χ4n) is 3.76. The Balaban J connectivity index is 1.43. The van der Waals surface area contributed by atoms with Gasteiger partial charge in [-0.1, -0.05) is 18.2 Å². The summed E-state index contributed by atoms with van der Waals surface area (Å²) < 4.78 is 13.3. The van der Waals surface area contributed by atoms with E-state index >= 15 is 0 Å². The monoisotopic (exact) mass is 421 g/mol. The molecule has 0 bridgehead atoms. The van der Waals surface area contributed by atoms with Crippen molar-refractivity contribution in [2.24, 2.45) is 4.99 Å². The van der Waals surface area contributed by atoms with Gasteiger partial charge < -0.3 is 9.47 Å². The Morgan fingerprint density at radius 2 is 1.81 bits per heavy atom. The van der Waals surface area contributed by atoms with E-state index in [9.17, 15) is 0 Å². The van der Waals surface area contributed by atoms with Gasteiger partial charge in [0, 0.05) is 28.9 Å². The lowest BCUT2D eigenvalue weighted by Gasteiger charge is -2.18. The summed E-state index contributed by atoms with van der Waals surface area (Å²) in [4.78, 5) is 4.70. The van der Waals surface area contributed by atoms with Gasteiger partial charge in [0.1, 0.15) is 18.9 Å². The molecular formula is C25H19N5O2. The number of H-pyrrole nitrogens is 1. The largest absolute Gasteiger partial charge is 0.486 e. The van der Waals surface area contributed by atoms with Crippen LogP contribution in [-0.2, 0) is 0 Å². The average Bonchev–Trinajstić information content (AvgIpc) is 3.50. The van der Waals surface area contributed by atoms with E-state index in [4.69, 9.17) is 19.6 Å². The molecule has 0 spiro atoms. The van der Waals surface area contributed by atoms with Crippen LogP contribution < -0.4 is 9.47 Å². The second-order valence-corrected chi connectivity index (χ2v) is 7.47. The number of ether oxygens (including phenoxy) is 2. The molecule has 32 heavy (non-hydrogen) atoms. The second-order valence-electron chi connectivity index (χ2n) is 7.47. The van der Waals surface area contributed by atoms with E-state index in [1.807, 2.05) is 83.8 Å². The van der Waals surface area contributed by atoms with Crippen LogP contribution in [0.15, 0.2) is 84.1 Å². The average molecular weight is 421 g/mol. The Morgan fingerprint density at radius 3 is 2.72 bits per heavy atom. The van der Waals surface area contributed by atoms with Gasteiger partial charge in [-0.3, -0.25) is 10.1 Å². The van der Waals surface area contributed by atoms with E-state index in [-0.39, 0.29) is 0 Å². The standard InChI is InChI=1S/C25H19N5O2/c1-2-4-21(5-3-1)30-16-19(14-26-20-8-6-18-15-27-28-22(18)13-20)25(29-30)17-7-9-23-24(12-17)32-11-10-31-23/h1-9,12-16H,10-11H2,(H,27,28). The van der Waals surface area contributed by atoms with Crippen LogP contribution in [0.25, 0.3) is 27.8 Å². The highest BCUT2D eigenvalue weighted by molar-refractivity contribution is 5.91. The van der Waals surface area contributed by atoms with Crippen molar-refractivity contribution in [1.29, 1.82) is 0 Å². The van der Waals surface area contributed by atoms with Gasteiger partial charge in [0.15, 0.2) is 11.5 Å². The lowest BCUT2D eigenvalue weighted by atomic mass is 10.1. The van der Waals surface area contributed by atoms with Crippen molar-refractivity contribution in [3.63, 3.8) is 0 Å². The first-order valence-electron chi connectivity index (χ1n) is 10.4. The Kier molecular flexibility index (Phi) is 4.42. The van der Waals surface area contributed by atoms with E-state index in [2.05, 4.69) is 10.2 Å². The van der Waals surface area contributed by atoms with Crippen LogP contribution in [0, 0.1) is 0 Å². The van der Waals surface area contributed by atoms with Gasteiger partial charge in [-0.15, -0.1) is 0 Å². The molecule has 6 rings (SSSR count). The molecule has 2 aromatic heterocycles. The minimum absolute atomic E-state index is 0.541. The van der Waals surface area contributed by atoms with E-state index in [1.165, 1.54) is 0 Å². The summed E-state index contributed by atoms with van der Waals surface area (Å²) in [6.45, 7) is 1.10. The van der Waals surface area contributed by atoms with Gasteiger partial charge in [-0.05, 0) is 48.5 Å². The third-order valence-corrected chi connectivity index (χ3v) is 5.36. The molecule has 7 nitrogen and oxygen atoms in total. The lowest BCUT2D eigenvalue weighted by Crippen LogP contribution is -2.15. The van der Waals surface area contributed by atoms with Crippen molar-refractivity contribution in [3.8, 4) is 28.4 Å². The maximum atomic E-state index is 5.78. The number of nitrogens with zero attached hydrogens (tertiary/aromatic N) is 4. The van der Waals surface area contributed by atoms with Crippen molar-refractivity contribution >= 4 is 22.8 Å². The molecule has 0 saturated carbocycles. The van der Waals surface area contributed by atoms with Crippen LogP contribution in [0.1, 0.15) is 5.56 Å². The number of aromatic amines is 1. The van der Waals surface area contributed by atoms with E-state index in [0.717, 1.165) is 50.6 Å². The molecule has 0 saturated heterocycles. The number of benzene rings is 3. The fourth-order valence-corrected chi connectivity index (χ4v) is 3.76. The third-order valence-electron chi connectivity index (χ3n) is 5.36. The minimum Gasteiger partial charge on any atom is -0.486 e. The van der Waals surface area contributed by atoms with Crippen LogP contribution in [0.3, 0.4) is 0 Å². The Labute approximate surface area is 184 Å². The summed E-state index contributed by atoms with van der Waals surface area (Å²) >= 11 is 0. The van der Waals surface area contributed by atoms with Crippen LogP contribution in [-0.4, -0.2) is 39.4 Å². The van der Waals surface area contributed by atoms with Gasteiger partial charge in [0.05, 0.1) is 23.1 Å². The Bertz CT molecular complexity index is 1440. The number of aliphatic imine (C=N–C) groups is 1. The normalized spacial score (nSPS) is 13.1. The number of rotatable bonds is 4. The number of para-hydroxylation sites is 1. The molecule has 3 heterocycles. The maximum Gasteiger partial charge on any atom is 0.162 e. The molecule has 0 atom stereocenters. The van der Waals surface area contributed by atoms with E-state index in [1.54, 1.807) is 6.20 Å². The van der Waals surface area contributed by atoms with E-state index in [0.29, 0.717) is 13.2 Å². The Morgan fingerprint density at radius 1 is 0.938 bits per heavy atom. The molecule has 3 aromatic carbocycles. The zero-order valence-electron chi connectivity index (χ0n) is 17.1. The molecule has 5 aromatic rings. The highest BCUT2D eigenvalue weighted by Crippen LogP contribution is 2.35. The highest BCUT2D eigenvalue weighted by Gasteiger charge is 2.16. The molecular weight excluding hydrogens is 402 g/mol. The van der Waals surface area contributed by atoms with Crippen molar-refractivity contribution in [2.75, 3.05) is 13.2 Å². The van der Waals surface area contributed by atoms with E-state index < -0.39 is 0 Å². The van der Waals surface area contributed by atoms with Crippen molar-refractivity contribution in [2.45, 2.75) is 0 Å². The van der Waals surface area contributed by atoms with Crippen LogP contribution >= 0.6 is 0 Å². The Hall–Kier alpha value is -4.39. The van der Waals surface area contributed by atoms with Crippen molar-refractivity contribution in [1.82, 2.24) is 20.0 Å². The molecule has 0 amide bonds. The summed E-state index contributed by atoms with van der Waals surface area (Å²) in [6, 6.07) is 21.9. The van der Waals surface area contributed by atoms with Gasteiger partial charge >= 0.3 is 0 Å². The lowest BCUT2D eigenvalue weighted by molar-refractivity contribution is 0.171. The number of hydrogen-bond acceptors (Lipinski definition) is 5. The zero-order valence-corrected chi connectivity index (χ0v) is 17.1. The van der Waals surface area contributed by atoms with Crippen LogP contribution in [0.2, 0.25) is 0 Å². The molecule has 156 valence electrons. The maximum absolute atomic E-state index is 5.78. The SMILES string of the molecule is C(=Nc1ccc2cn[nH]c2c1)c1cn(-c2ccccc2)nc1-c1ccc2c(c1)OCCO2. The topological polar surface area (TPSA) is 77.3 Å². The third kappa shape index (κ3) is 3.39. The zero-order chi connectivity index (χ0) is 21.3. The molecule has 0 radical (unpaired) electrons. The quantitative estimate of drug-likeness (QED) is 0.417. The van der Waals surface area contributed by atoms with Gasteiger partial charge in [0.25, 0.3) is 0 Å². The second kappa shape index (κ2) is 7.70. The molecule has 7 heteroatoms. The fraction of sp³-hybridized carbons (Fsp3) is 0.0800.